The smallest absolute Gasteiger partial charge is 0.410 e. The first kappa shape index (κ1) is 23.8. The average Bonchev–Trinajstić information content (AvgIpc) is 3.40. The molecule has 0 spiro atoms. The predicted octanol–water partition coefficient (Wildman–Crippen LogP) is 1.28. The van der Waals surface area contributed by atoms with Gasteiger partial charge in [-0.3, -0.25) is 9.80 Å². The molecular weight excluding hydrogens is 460 g/mol. The van der Waals surface area contributed by atoms with Crippen molar-refractivity contribution < 1.29 is 22.7 Å². The monoisotopic (exact) mass is 488 g/mol. The Morgan fingerprint density at radius 1 is 1.26 bits per heavy atom. The summed E-state index contributed by atoms with van der Waals surface area (Å²) in [6.07, 6.45) is 4.66. The van der Waals surface area contributed by atoms with E-state index in [0.717, 1.165) is 31.9 Å². The highest BCUT2D eigenvalue weighted by atomic mass is 32.2. The maximum absolute atomic E-state index is 12.5. The van der Waals surface area contributed by atoms with Crippen molar-refractivity contribution in [2.24, 2.45) is 16.8 Å². The molecular formula is C22H28N6O5S. The van der Waals surface area contributed by atoms with E-state index < -0.39 is 27.2 Å². The third-order valence-corrected chi connectivity index (χ3v) is 7.69. The number of rotatable bonds is 6. The van der Waals surface area contributed by atoms with Crippen LogP contribution in [0.5, 0.6) is 0 Å². The highest BCUT2D eigenvalue weighted by molar-refractivity contribution is 7.90. The van der Waals surface area contributed by atoms with Crippen molar-refractivity contribution in [1.82, 2.24) is 9.91 Å². The van der Waals surface area contributed by atoms with Crippen LogP contribution in [0.2, 0.25) is 0 Å². The Labute approximate surface area is 198 Å². The minimum Gasteiger partial charge on any atom is -0.446 e. The Morgan fingerprint density at radius 3 is 2.47 bits per heavy atom. The third kappa shape index (κ3) is 4.79. The van der Waals surface area contributed by atoms with Crippen LogP contribution in [-0.2, 0) is 19.4 Å². The summed E-state index contributed by atoms with van der Waals surface area (Å²) in [6, 6.07) is 8.24. The van der Waals surface area contributed by atoms with Crippen LogP contribution in [0.1, 0.15) is 32.1 Å². The number of benzene rings is 1. The molecule has 3 N–H and O–H groups in total. The number of ether oxygens (including phenoxy) is 1. The number of hydrogen-bond acceptors (Lipinski definition) is 9. The van der Waals surface area contributed by atoms with Crippen molar-refractivity contribution in [3.8, 4) is 6.07 Å². The number of hydrazone groups is 1. The molecule has 1 unspecified atom stereocenters. The molecule has 3 aliphatic rings. The van der Waals surface area contributed by atoms with Crippen molar-refractivity contribution in [3.63, 3.8) is 0 Å². The van der Waals surface area contributed by atoms with E-state index in [4.69, 9.17) is 10.5 Å². The molecule has 1 aliphatic carbocycles. The molecule has 2 heterocycles. The predicted molar refractivity (Wildman–Crippen MR) is 123 cm³/mol. The minimum absolute atomic E-state index is 0.0487. The minimum atomic E-state index is -3.33. The summed E-state index contributed by atoms with van der Waals surface area (Å²) in [5.41, 5.74) is 5.42. The van der Waals surface area contributed by atoms with E-state index in [0.29, 0.717) is 11.5 Å². The third-order valence-electron chi connectivity index (χ3n) is 6.57. The standard InChI is InChI=1S/C22H28N6O5S/c1-34(31,32)17-8-6-15(7-9-17)25-20-18(19(24)29)12-28(26-20)22(10-11-23)13-27(14-22)21(30)33-16-4-2-3-5-16/h6-9,16,18H,2-5,10,12-14H2,1H3,(H2,24,29)(H,25,26). The van der Waals surface area contributed by atoms with Gasteiger partial charge < -0.3 is 20.7 Å². The molecule has 11 nitrogen and oxygen atoms in total. The zero-order valence-corrected chi connectivity index (χ0v) is 19.8. The quantitative estimate of drug-likeness (QED) is 0.606. The van der Waals surface area contributed by atoms with Crippen LogP contribution in [-0.4, -0.2) is 73.7 Å². The van der Waals surface area contributed by atoms with E-state index in [1.807, 2.05) is 0 Å². The van der Waals surface area contributed by atoms with Gasteiger partial charge in [0.2, 0.25) is 5.91 Å². The Bertz CT molecular complexity index is 1130. The van der Waals surface area contributed by atoms with E-state index in [-0.39, 0.29) is 43.1 Å². The molecule has 2 aliphatic heterocycles. The van der Waals surface area contributed by atoms with E-state index in [2.05, 4.69) is 16.5 Å². The maximum atomic E-state index is 12.5. The van der Waals surface area contributed by atoms with Crippen LogP contribution in [0.25, 0.3) is 0 Å². The van der Waals surface area contributed by atoms with Crippen LogP contribution in [0, 0.1) is 17.2 Å². The summed E-state index contributed by atoms with van der Waals surface area (Å²) in [7, 11) is -3.33. The Hall–Kier alpha value is -3.33. The fraction of sp³-hybridized carbons (Fsp3) is 0.545. The van der Waals surface area contributed by atoms with Gasteiger partial charge in [0.1, 0.15) is 23.4 Å². The maximum Gasteiger partial charge on any atom is 0.410 e. The van der Waals surface area contributed by atoms with Crippen LogP contribution in [0.4, 0.5) is 10.5 Å². The Kier molecular flexibility index (Phi) is 6.40. The number of carbonyl (C=O) groups is 2. The van der Waals surface area contributed by atoms with Crippen molar-refractivity contribution >= 4 is 33.4 Å². The second kappa shape index (κ2) is 9.13. The average molecular weight is 489 g/mol. The van der Waals surface area contributed by atoms with Crippen LogP contribution in [0.15, 0.2) is 34.3 Å². The molecule has 0 radical (unpaired) electrons. The lowest BCUT2D eigenvalue weighted by molar-refractivity contribution is -0.121. The normalized spacial score (nSPS) is 22.0. The Balaban J connectivity index is 1.48. The lowest BCUT2D eigenvalue weighted by Crippen LogP contribution is -2.70. The summed E-state index contributed by atoms with van der Waals surface area (Å²) in [6.45, 7) is 0.696. The fourth-order valence-electron chi connectivity index (χ4n) is 4.60. The van der Waals surface area contributed by atoms with Gasteiger partial charge in [-0.25, -0.2) is 13.2 Å². The van der Waals surface area contributed by atoms with E-state index >= 15 is 0 Å². The first-order valence-electron chi connectivity index (χ1n) is 11.2. The molecule has 0 bridgehead atoms. The van der Waals surface area contributed by atoms with Crippen LogP contribution >= 0.6 is 0 Å². The molecule has 12 heteroatoms. The molecule has 2 amide bonds. The number of amidine groups is 1. The SMILES string of the molecule is CS(=O)(=O)c1ccc(NC2=NN(C3(CC#N)CN(C(=O)OC4CCCC4)C3)CC2C(N)=O)cc1. The lowest BCUT2D eigenvalue weighted by atomic mass is 9.86. The topological polar surface area (TPSA) is 158 Å². The number of nitrogens with zero attached hydrogens (tertiary/aromatic N) is 4. The van der Waals surface area contributed by atoms with Crippen molar-refractivity contribution in [2.75, 3.05) is 31.2 Å². The fourth-order valence-corrected chi connectivity index (χ4v) is 5.23. The van der Waals surface area contributed by atoms with Gasteiger partial charge in [-0.2, -0.15) is 10.4 Å². The molecule has 1 saturated carbocycles. The molecule has 1 aromatic carbocycles. The largest absolute Gasteiger partial charge is 0.446 e. The van der Waals surface area contributed by atoms with Crippen LogP contribution < -0.4 is 11.1 Å². The number of anilines is 1. The molecule has 34 heavy (non-hydrogen) atoms. The first-order chi connectivity index (χ1) is 16.1. The number of likely N-dealkylation sites (tertiary alicyclic amines) is 1. The number of primary amides is 1. The van der Waals surface area contributed by atoms with Gasteiger partial charge in [0, 0.05) is 11.9 Å². The summed E-state index contributed by atoms with van der Waals surface area (Å²) in [5, 5.41) is 18.7. The second-order valence-electron chi connectivity index (χ2n) is 9.15. The van der Waals surface area contributed by atoms with Gasteiger partial charge in [0.25, 0.3) is 0 Å². The van der Waals surface area contributed by atoms with Gasteiger partial charge in [-0.05, 0) is 49.9 Å². The molecule has 182 valence electrons. The number of amides is 2. The van der Waals surface area contributed by atoms with Gasteiger partial charge in [-0.1, -0.05) is 0 Å². The van der Waals surface area contributed by atoms with E-state index in [1.54, 1.807) is 22.0 Å². The first-order valence-corrected chi connectivity index (χ1v) is 13.1. The Morgan fingerprint density at radius 2 is 1.91 bits per heavy atom. The molecule has 1 aromatic rings. The number of sulfone groups is 1. The molecule has 4 rings (SSSR count). The van der Waals surface area contributed by atoms with Gasteiger partial charge in [-0.15, -0.1) is 0 Å². The number of nitrogens with one attached hydrogen (secondary N) is 1. The summed E-state index contributed by atoms with van der Waals surface area (Å²) in [5.74, 6) is -1.01. The van der Waals surface area contributed by atoms with Gasteiger partial charge in [0.05, 0.1) is 37.0 Å². The van der Waals surface area contributed by atoms with Crippen molar-refractivity contribution in [2.45, 2.75) is 48.6 Å². The lowest BCUT2D eigenvalue weighted by Gasteiger charge is -2.52. The summed E-state index contributed by atoms with van der Waals surface area (Å²) < 4.78 is 28.9. The molecule has 1 saturated heterocycles. The summed E-state index contributed by atoms with van der Waals surface area (Å²) >= 11 is 0. The van der Waals surface area contributed by atoms with E-state index in [1.165, 1.54) is 12.1 Å². The molecule has 2 fully saturated rings. The highest BCUT2D eigenvalue weighted by Crippen LogP contribution is 2.36. The van der Waals surface area contributed by atoms with Crippen molar-refractivity contribution in [3.05, 3.63) is 24.3 Å². The number of nitriles is 1. The number of nitrogens with two attached hydrogens (primary N) is 1. The summed E-state index contributed by atoms with van der Waals surface area (Å²) in [4.78, 5) is 26.4. The van der Waals surface area contributed by atoms with Crippen molar-refractivity contribution in [1.29, 1.82) is 5.26 Å². The number of hydrogen-bond donors (Lipinski definition) is 2. The molecule has 1 atom stereocenters. The van der Waals surface area contributed by atoms with Crippen LogP contribution in [0.3, 0.4) is 0 Å². The van der Waals surface area contributed by atoms with Gasteiger partial charge in [0.15, 0.2) is 9.84 Å². The molecule has 0 aromatic heterocycles. The number of carbonyl (C=O) groups excluding carboxylic acids is 2. The zero-order valence-electron chi connectivity index (χ0n) is 18.9. The van der Waals surface area contributed by atoms with E-state index in [9.17, 15) is 23.3 Å². The van der Waals surface area contributed by atoms with Gasteiger partial charge >= 0.3 is 6.09 Å². The highest BCUT2D eigenvalue weighted by Gasteiger charge is 2.53. The zero-order chi connectivity index (χ0) is 24.5. The second-order valence-corrected chi connectivity index (χ2v) is 11.2.